The van der Waals surface area contributed by atoms with Crippen LogP contribution in [0, 0.1) is 0 Å². The van der Waals surface area contributed by atoms with E-state index >= 15 is 0 Å². The lowest BCUT2D eigenvalue weighted by atomic mass is 10.0. The first-order valence-electron chi connectivity index (χ1n) is 7.91. The lowest BCUT2D eigenvalue weighted by Crippen LogP contribution is -2.49. The maximum absolute atomic E-state index is 12.8. The first-order valence-corrected chi connectivity index (χ1v) is 8.79. The molecule has 2 aromatic rings. The first kappa shape index (κ1) is 16.0. The number of hydrogen-bond acceptors (Lipinski definition) is 3. The zero-order chi connectivity index (χ0) is 16.2. The Hall–Kier alpha value is -1.91. The van der Waals surface area contributed by atoms with Gasteiger partial charge in [0.05, 0.1) is 6.04 Å². The van der Waals surface area contributed by atoms with Crippen LogP contribution in [0.1, 0.15) is 23.4 Å². The highest BCUT2D eigenvalue weighted by molar-refractivity contribution is 7.10. The highest BCUT2D eigenvalue weighted by Crippen LogP contribution is 2.25. The number of likely N-dealkylation sites (N-methyl/N-ethyl adjacent to an activating group) is 1. The van der Waals surface area contributed by atoms with Gasteiger partial charge in [0.1, 0.15) is 0 Å². The molecule has 3 rings (SSSR count). The number of carbonyl (C=O) groups is 1. The summed E-state index contributed by atoms with van der Waals surface area (Å²) in [7, 11) is 2.13. The summed E-state index contributed by atoms with van der Waals surface area (Å²) in [5.41, 5.74) is 2.08. The van der Waals surface area contributed by atoms with Crippen LogP contribution in [-0.2, 0) is 4.79 Å². The maximum Gasteiger partial charge on any atom is 0.249 e. The molecule has 0 radical (unpaired) electrons. The topological polar surface area (TPSA) is 23.6 Å². The highest BCUT2D eigenvalue weighted by atomic mass is 32.1. The largest absolute Gasteiger partial charge is 0.336 e. The molecule has 0 bridgehead atoms. The summed E-state index contributed by atoms with van der Waals surface area (Å²) in [4.78, 5) is 18.2. The maximum atomic E-state index is 12.8. The molecule has 0 aliphatic carbocycles. The van der Waals surface area contributed by atoms with Crippen molar-refractivity contribution < 1.29 is 4.79 Å². The van der Waals surface area contributed by atoms with E-state index in [-0.39, 0.29) is 11.9 Å². The molecule has 0 N–H and O–H groups in total. The lowest BCUT2D eigenvalue weighted by molar-refractivity contribution is -0.129. The molecular weight excluding hydrogens is 304 g/mol. The summed E-state index contributed by atoms with van der Waals surface area (Å²) in [6.07, 6.45) is 1.99. The molecule has 120 valence electrons. The van der Waals surface area contributed by atoms with E-state index in [1.54, 1.807) is 11.3 Å². The van der Waals surface area contributed by atoms with Crippen LogP contribution < -0.4 is 0 Å². The van der Waals surface area contributed by atoms with Crippen LogP contribution in [0.15, 0.2) is 53.4 Å². The third-order valence-corrected chi connectivity index (χ3v) is 5.18. The summed E-state index contributed by atoms with van der Waals surface area (Å²) in [5, 5.41) is 2.03. The summed E-state index contributed by atoms with van der Waals surface area (Å²) < 4.78 is 0. The summed E-state index contributed by atoms with van der Waals surface area (Å²) >= 11 is 1.66. The average molecular weight is 326 g/mol. The van der Waals surface area contributed by atoms with Crippen molar-refractivity contribution in [3.63, 3.8) is 0 Å². The number of benzene rings is 1. The molecular formula is C19H22N2OS. The Labute approximate surface area is 141 Å². The fourth-order valence-corrected chi connectivity index (χ4v) is 3.71. The van der Waals surface area contributed by atoms with Gasteiger partial charge in [0.15, 0.2) is 0 Å². The standard InChI is InChI=1S/C19H22N2OS/c1-15(13-17-9-6-12-23-17)19(22)21-11-10-20(2)18(14-21)16-7-4-3-5-8-16/h3-9,12-13,18H,10-11,14H2,1-2H3/b15-13+. The fraction of sp³-hybridized carbons (Fsp3) is 0.316. The van der Waals surface area contributed by atoms with Gasteiger partial charge in [0.2, 0.25) is 5.91 Å². The van der Waals surface area contributed by atoms with Crippen LogP contribution in [0.3, 0.4) is 0 Å². The van der Waals surface area contributed by atoms with Crippen molar-refractivity contribution in [3.8, 4) is 0 Å². The van der Waals surface area contributed by atoms with Crippen molar-refractivity contribution in [1.82, 2.24) is 9.80 Å². The molecule has 1 unspecified atom stereocenters. The van der Waals surface area contributed by atoms with Gasteiger partial charge in [-0.15, -0.1) is 11.3 Å². The van der Waals surface area contributed by atoms with Gasteiger partial charge in [-0.25, -0.2) is 0 Å². The van der Waals surface area contributed by atoms with Crippen molar-refractivity contribution in [2.75, 3.05) is 26.7 Å². The van der Waals surface area contributed by atoms with E-state index in [1.165, 1.54) is 5.56 Å². The molecule has 4 heteroatoms. The van der Waals surface area contributed by atoms with Crippen molar-refractivity contribution in [3.05, 3.63) is 63.9 Å². The Bertz CT molecular complexity index is 679. The minimum Gasteiger partial charge on any atom is -0.336 e. The minimum atomic E-state index is 0.146. The van der Waals surface area contributed by atoms with Gasteiger partial charge < -0.3 is 4.90 Å². The van der Waals surface area contributed by atoms with E-state index in [2.05, 4.69) is 36.2 Å². The summed E-state index contributed by atoms with van der Waals surface area (Å²) in [5.74, 6) is 0.146. The molecule has 1 amide bonds. The monoisotopic (exact) mass is 326 g/mol. The van der Waals surface area contributed by atoms with E-state index in [1.807, 2.05) is 41.5 Å². The highest BCUT2D eigenvalue weighted by Gasteiger charge is 2.28. The van der Waals surface area contributed by atoms with Crippen LogP contribution in [0.25, 0.3) is 6.08 Å². The molecule has 0 spiro atoms. The normalized spacial score (nSPS) is 19.8. The van der Waals surface area contributed by atoms with Gasteiger partial charge in [0, 0.05) is 30.1 Å². The summed E-state index contributed by atoms with van der Waals surface area (Å²) in [6, 6.07) is 14.8. The third-order valence-electron chi connectivity index (χ3n) is 4.36. The number of carbonyl (C=O) groups excluding carboxylic acids is 1. The quantitative estimate of drug-likeness (QED) is 0.804. The van der Waals surface area contributed by atoms with Crippen molar-refractivity contribution in [2.24, 2.45) is 0 Å². The second-order valence-electron chi connectivity index (χ2n) is 6.00. The van der Waals surface area contributed by atoms with Crippen LogP contribution >= 0.6 is 11.3 Å². The van der Waals surface area contributed by atoms with Gasteiger partial charge in [-0.2, -0.15) is 0 Å². The van der Waals surface area contributed by atoms with Crippen LogP contribution in [0.4, 0.5) is 0 Å². The number of amides is 1. The Balaban J connectivity index is 1.74. The molecule has 1 aliphatic rings. The predicted molar refractivity (Wildman–Crippen MR) is 96.4 cm³/mol. The van der Waals surface area contributed by atoms with Crippen molar-refractivity contribution >= 4 is 23.3 Å². The molecule has 0 saturated carbocycles. The fourth-order valence-electron chi connectivity index (χ4n) is 2.99. The van der Waals surface area contributed by atoms with Gasteiger partial charge in [-0.3, -0.25) is 9.69 Å². The van der Waals surface area contributed by atoms with E-state index in [0.29, 0.717) is 0 Å². The van der Waals surface area contributed by atoms with Crippen LogP contribution in [-0.4, -0.2) is 42.4 Å². The number of hydrogen-bond donors (Lipinski definition) is 0. The number of rotatable bonds is 3. The molecule has 3 nitrogen and oxygen atoms in total. The van der Waals surface area contributed by atoms with E-state index in [4.69, 9.17) is 0 Å². The van der Waals surface area contributed by atoms with E-state index in [9.17, 15) is 4.79 Å². The average Bonchev–Trinajstić information content (AvgIpc) is 3.08. The predicted octanol–water partition coefficient (Wildman–Crippen LogP) is 3.67. The molecule has 23 heavy (non-hydrogen) atoms. The number of piperazine rings is 1. The zero-order valence-electron chi connectivity index (χ0n) is 13.6. The molecule has 1 aromatic heterocycles. The Morgan fingerprint density at radius 3 is 2.65 bits per heavy atom. The van der Waals surface area contributed by atoms with E-state index in [0.717, 1.165) is 30.1 Å². The molecule has 1 aliphatic heterocycles. The van der Waals surface area contributed by atoms with Crippen molar-refractivity contribution in [1.29, 1.82) is 0 Å². The molecule has 1 aromatic carbocycles. The van der Waals surface area contributed by atoms with Crippen LogP contribution in [0.5, 0.6) is 0 Å². The molecule has 1 saturated heterocycles. The Morgan fingerprint density at radius 1 is 1.17 bits per heavy atom. The first-order chi connectivity index (χ1) is 11.1. The second-order valence-corrected chi connectivity index (χ2v) is 6.98. The number of nitrogens with zero attached hydrogens (tertiary/aromatic N) is 2. The second kappa shape index (κ2) is 7.11. The third kappa shape index (κ3) is 3.71. The Morgan fingerprint density at radius 2 is 1.96 bits per heavy atom. The summed E-state index contributed by atoms with van der Waals surface area (Å²) in [6.45, 7) is 4.35. The zero-order valence-corrected chi connectivity index (χ0v) is 14.4. The van der Waals surface area contributed by atoms with Crippen molar-refractivity contribution in [2.45, 2.75) is 13.0 Å². The van der Waals surface area contributed by atoms with Gasteiger partial charge in [-0.1, -0.05) is 36.4 Å². The van der Waals surface area contributed by atoms with Crippen LogP contribution in [0.2, 0.25) is 0 Å². The number of thiophene rings is 1. The van der Waals surface area contributed by atoms with Gasteiger partial charge >= 0.3 is 0 Å². The van der Waals surface area contributed by atoms with E-state index < -0.39 is 0 Å². The lowest BCUT2D eigenvalue weighted by Gasteiger charge is -2.39. The molecule has 2 heterocycles. The van der Waals surface area contributed by atoms with Gasteiger partial charge in [0.25, 0.3) is 0 Å². The minimum absolute atomic E-state index is 0.146. The molecule has 1 atom stereocenters. The van der Waals surface area contributed by atoms with Gasteiger partial charge in [-0.05, 0) is 37.1 Å². The SMILES string of the molecule is C/C(=C\c1cccs1)C(=O)N1CCN(C)C(c2ccccc2)C1. The molecule has 1 fully saturated rings. The Kier molecular flexibility index (Phi) is 4.94. The smallest absolute Gasteiger partial charge is 0.249 e.